The lowest BCUT2D eigenvalue weighted by atomic mass is 10.2. The number of nitrogens with zero attached hydrogens (tertiary/aromatic N) is 1. The summed E-state index contributed by atoms with van der Waals surface area (Å²) in [6, 6.07) is 0.370. The molecule has 0 aromatic carbocycles. The summed E-state index contributed by atoms with van der Waals surface area (Å²) >= 11 is 0. The van der Waals surface area contributed by atoms with Crippen LogP contribution in [0.5, 0.6) is 0 Å². The summed E-state index contributed by atoms with van der Waals surface area (Å²) in [6.07, 6.45) is 5.69. The molecule has 0 bridgehead atoms. The number of rotatable bonds is 1. The van der Waals surface area contributed by atoms with Gasteiger partial charge in [0.25, 0.3) is 0 Å². The molecule has 0 amide bonds. The van der Waals surface area contributed by atoms with Gasteiger partial charge < -0.3 is 9.73 Å². The van der Waals surface area contributed by atoms with Gasteiger partial charge >= 0.3 is 0 Å². The van der Waals surface area contributed by atoms with Gasteiger partial charge in [0.1, 0.15) is 6.26 Å². The summed E-state index contributed by atoms with van der Waals surface area (Å²) in [5, 5.41) is 3.30. The highest BCUT2D eigenvalue weighted by molar-refractivity contribution is 8.93. The van der Waals surface area contributed by atoms with Crippen molar-refractivity contribution in [2.45, 2.75) is 18.9 Å². The van der Waals surface area contributed by atoms with E-state index < -0.39 is 0 Å². The largest absolute Gasteiger partial charge is 0.447 e. The third-order valence-corrected chi connectivity index (χ3v) is 1.81. The Hall–Kier alpha value is -0.350. The molecule has 62 valence electrons. The Morgan fingerprint density at radius 3 is 3.09 bits per heavy atom. The first kappa shape index (κ1) is 8.74. The van der Waals surface area contributed by atoms with Crippen molar-refractivity contribution < 1.29 is 4.42 Å². The second kappa shape index (κ2) is 3.88. The molecule has 1 aliphatic heterocycles. The maximum atomic E-state index is 5.14. The zero-order valence-corrected chi connectivity index (χ0v) is 7.83. The average molecular weight is 219 g/mol. The van der Waals surface area contributed by atoms with Gasteiger partial charge in [-0.15, -0.1) is 17.0 Å². The predicted octanol–water partition coefficient (Wildman–Crippen LogP) is 1.68. The lowest BCUT2D eigenvalue weighted by molar-refractivity contribution is 0.429. The molecule has 0 unspecified atom stereocenters. The first-order chi connectivity index (χ1) is 4.97. The monoisotopic (exact) mass is 218 g/mol. The molecular formula is C7H11BrN2O. The molecule has 0 spiro atoms. The van der Waals surface area contributed by atoms with E-state index in [0.717, 1.165) is 18.9 Å². The van der Waals surface area contributed by atoms with Crippen LogP contribution in [-0.2, 0) is 0 Å². The van der Waals surface area contributed by atoms with E-state index in [1.54, 1.807) is 12.5 Å². The first-order valence-corrected chi connectivity index (χ1v) is 3.59. The zero-order valence-electron chi connectivity index (χ0n) is 6.12. The predicted molar refractivity (Wildman–Crippen MR) is 46.8 cm³/mol. The van der Waals surface area contributed by atoms with Crippen LogP contribution in [0.3, 0.4) is 0 Å². The summed E-state index contributed by atoms with van der Waals surface area (Å²) in [4.78, 5) is 4.07. The molecule has 1 aromatic rings. The van der Waals surface area contributed by atoms with E-state index in [4.69, 9.17) is 4.42 Å². The van der Waals surface area contributed by atoms with Gasteiger partial charge in [-0.05, 0) is 19.4 Å². The Kier molecular flexibility index (Phi) is 3.08. The summed E-state index contributed by atoms with van der Waals surface area (Å²) in [5.74, 6) is 0.831. The number of oxazole rings is 1. The van der Waals surface area contributed by atoms with Crippen molar-refractivity contribution >= 4 is 17.0 Å². The van der Waals surface area contributed by atoms with Crippen LogP contribution in [0.15, 0.2) is 16.9 Å². The van der Waals surface area contributed by atoms with E-state index in [0.29, 0.717) is 6.04 Å². The molecular weight excluding hydrogens is 208 g/mol. The minimum atomic E-state index is 0. The second-order valence-electron chi connectivity index (χ2n) is 2.52. The lowest BCUT2D eigenvalue weighted by Crippen LogP contribution is -2.12. The quantitative estimate of drug-likeness (QED) is 0.780. The Bertz CT molecular complexity index is 194. The van der Waals surface area contributed by atoms with Crippen molar-refractivity contribution in [2.75, 3.05) is 6.54 Å². The van der Waals surface area contributed by atoms with Gasteiger partial charge in [-0.2, -0.15) is 0 Å². The highest BCUT2D eigenvalue weighted by Gasteiger charge is 2.19. The molecule has 0 radical (unpaired) electrons. The van der Waals surface area contributed by atoms with Crippen molar-refractivity contribution in [3.8, 4) is 0 Å². The third-order valence-electron chi connectivity index (χ3n) is 1.81. The third kappa shape index (κ3) is 1.81. The maximum Gasteiger partial charge on any atom is 0.211 e. The fourth-order valence-electron chi connectivity index (χ4n) is 1.30. The minimum absolute atomic E-state index is 0. The molecule has 1 N–H and O–H groups in total. The molecule has 1 fully saturated rings. The topological polar surface area (TPSA) is 38.1 Å². The number of halogens is 1. The van der Waals surface area contributed by atoms with Gasteiger partial charge in [0.2, 0.25) is 5.89 Å². The van der Waals surface area contributed by atoms with Crippen LogP contribution in [0.2, 0.25) is 0 Å². The van der Waals surface area contributed by atoms with Crippen LogP contribution in [0.4, 0.5) is 0 Å². The van der Waals surface area contributed by atoms with Crippen LogP contribution >= 0.6 is 17.0 Å². The summed E-state index contributed by atoms with van der Waals surface area (Å²) in [6.45, 7) is 1.09. The van der Waals surface area contributed by atoms with E-state index >= 15 is 0 Å². The molecule has 2 heterocycles. The Morgan fingerprint density at radius 1 is 1.64 bits per heavy atom. The molecule has 11 heavy (non-hydrogen) atoms. The van der Waals surface area contributed by atoms with Gasteiger partial charge in [-0.1, -0.05) is 0 Å². The molecule has 1 aromatic heterocycles. The highest BCUT2D eigenvalue weighted by atomic mass is 79.9. The smallest absolute Gasteiger partial charge is 0.211 e. The fraction of sp³-hybridized carbons (Fsp3) is 0.571. The molecule has 0 saturated carbocycles. The number of hydrogen-bond acceptors (Lipinski definition) is 3. The molecule has 0 aliphatic carbocycles. The SMILES string of the molecule is Br.c1coc([C@@H]2CCCN2)n1. The van der Waals surface area contributed by atoms with Gasteiger partial charge in [-0.3, -0.25) is 0 Å². The Morgan fingerprint density at radius 2 is 2.55 bits per heavy atom. The van der Waals surface area contributed by atoms with Gasteiger partial charge in [0.05, 0.1) is 12.2 Å². The fourth-order valence-corrected chi connectivity index (χ4v) is 1.30. The molecule has 3 nitrogen and oxygen atoms in total. The summed E-state index contributed by atoms with van der Waals surface area (Å²) < 4.78 is 5.14. The van der Waals surface area contributed by atoms with E-state index in [1.807, 2.05) is 0 Å². The number of nitrogens with one attached hydrogen (secondary N) is 1. The Labute approximate surface area is 76.0 Å². The lowest BCUT2D eigenvalue weighted by Gasteiger charge is -2.02. The van der Waals surface area contributed by atoms with Crippen LogP contribution in [0, 0.1) is 0 Å². The van der Waals surface area contributed by atoms with Gasteiger partial charge in [-0.25, -0.2) is 4.98 Å². The Balaban J connectivity index is 0.000000605. The van der Waals surface area contributed by atoms with Crippen molar-refractivity contribution in [1.29, 1.82) is 0 Å². The average Bonchev–Trinajstić information content (AvgIpc) is 2.59. The van der Waals surface area contributed by atoms with Crippen molar-refractivity contribution in [3.05, 3.63) is 18.4 Å². The summed E-state index contributed by atoms with van der Waals surface area (Å²) in [7, 11) is 0. The highest BCUT2D eigenvalue weighted by Crippen LogP contribution is 2.20. The number of aromatic nitrogens is 1. The second-order valence-corrected chi connectivity index (χ2v) is 2.52. The van der Waals surface area contributed by atoms with Crippen molar-refractivity contribution in [1.82, 2.24) is 10.3 Å². The molecule has 4 heteroatoms. The van der Waals surface area contributed by atoms with E-state index in [2.05, 4.69) is 10.3 Å². The first-order valence-electron chi connectivity index (χ1n) is 3.59. The van der Waals surface area contributed by atoms with Crippen LogP contribution in [0.1, 0.15) is 24.8 Å². The normalized spacial score (nSPS) is 23.1. The van der Waals surface area contributed by atoms with E-state index in [-0.39, 0.29) is 17.0 Å². The van der Waals surface area contributed by atoms with Crippen LogP contribution < -0.4 is 5.32 Å². The standard InChI is InChI=1S/C7H10N2O.BrH/c1-2-6(8-3-1)7-9-4-5-10-7;/h4-6,8H,1-3H2;1H/t6-;/m0./s1. The number of hydrogen-bond donors (Lipinski definition) is 1. The van der Waals surface area contributed by atoms with Crippen molar-refractivity contribution in [3.63, 3.8) is 0 Å². The minimum Gasteiger partial charge on any atom is -0.447 e. The van der Waals surface area contributed by atoms with E-state index in [9.17, 15) is 0 Å². The van der Waals surface area contributed by atoms with Crippen LogP contribution in [-0.4, -0.2) is 11.5 Å². The van der Waals surface area contributed by atoms with Crippen molar-refractivity contribution in [2.24, 2.45) is 0 Å². The molecule has 1 saturated heterocycles. The van der Waals surface area contributed by atoms with Gasteiger partial charge in [0, 0.05) is 0 Å². The van der Waals surface area contributed by atoms with E-state index in [1.165, 1.54) is 6.42 Å². The molecule has 2 rings (SSSR count). The molecule has 1 aliphatic rings. The molecule has 1 atom stereocenters. The zero-order chi connectivity index (χ0) is 6.81. The van der Waals surface area contributed by atoms with Gasteiger partial charge in [0.15, 0.2) is 0 Å². The van der Waals surface area contributed by atoms with Crippen LogP contribution in [0.25, 0.3) is 0 Å². The maximum absolute atomic E-state index is 5.14. The summed E-state index contributed by atoms with van der Waals surface area (Å²) in [5.41, 5.74) is 0.